The van der Waals surface area contributed by atoms with Crippen LogP contribution in [0.1, 0.15) is 38.0 Å². The van der Waals surface area contributed by atoms with Crippen LogP contribution >= 0.6 is 23.2 Å². The first kappa shape index (κ1) is 20.2. The summed E-state index contributed by atoms with van der Waals surface area (Å²) < 4.78 is 6.21. The van der Waals surface area contributed by atoms with Crippen molar-refractivity contribution in [3.05, 3.63) is 63.6 Å². The van der Waals surface area contributed by atoms with Crippen molar-refractivity contribution in [3.8, 4) is 0 Å². The van der Waals surface area contributed by atoms with Crippen LogP contribution in [0, 0.1) is 5.41 Å². The topological polar surface area (TPSA) is 55.6 Å². The molecule has 2 aromatic carbocycles. The summed E-state index contributed by atoms with van der Waals surface area (Å²) in [5, 5.41) is 1.14. The molecular weight excluding hydrogens is 383 g/mol. The Balaban J connectivity index is 2.21. The van der Waals surface area contributed by atoms with E-state index in [4.69, 9.17) is 33.7 Å². The number of fused-ring (bicyclic) bond motifs is 1. The summed E-state index contributed by atoms with van der Waals surface area (Å²) in [5.41, 5.74) is 8.17. The summed E-state index contributed by atoms with van der Waals surface area (Å²) in [6.07, 6.45) is -1.30. The molecule has 2 aromatic rings. The highest BCUT2D eigenvalue weighted by Gasteiger charge is 2.37. The molecule has 0 spiro atoms. The Labute approximate surface area is 170 Å². The molecule has 1 aliphatic heterocycles. The van der Waals surface area contributed by atoms with Gasteiger partial charge in [-0.15, -0.1) is 0 Å². The molecule has 144 valence electrons. The molecule has 1 heterocycles. The largest absolute Gasteiger partial charge is 0.354 e. The second-order valence-corrected chi connectivity index (χ2v) is 8.79. The smallest absolute Gasteiger partial charge is 0.257 e. The van der Waals surface area contributed by atoms with Gasteiger partial charge in [-0.2, -0.15) is 0 Å². The molecule has 27 heavy (non-hydrogen) atoms. The molecule has 0 unspecified atom stereocenters. The number of carbonyl (C=O) groups is 1. The lowest BCUT2D eigenvalue weighted by atomic mass is 9.94. The van der Waals surface area contributed by atoms with Crippen LogP contribution in [0.25, 0.3) is 0 Å². The fourth-order valence-corrected chi connectivity index (χ4v) is 3.71. The van der Waals surface area contributed by atoms with E-state index in [9.17, 15) is 4.79 Å². The molecule has 4 nitrogen and oxygen atoms in total. The molecule has 0 radical (unpaired) electrons. The van der Waals surface area contributed by atoms with E-state index in [1.54, 1.807) is 11.0 Å². The third-order valence-corrected chi connectivity index (χ3v) is 5.02. The van der Waals surface area contributed by atoms with Crippen LogP contribution in [0.5, 0.6) is 0 Å². The van der Waals surface area contributed by atoms with E-state index in [1.807, 2.05) is 36.4 Å². The maximum Gasteiger partial charge on any atom is 0.257 e. The van der Waals surface area contributed by atoms with Gasteiger partial charge in [-0.1, -0.05) is 62.2 Å². The first-order valence-electron chi connectivity index (χ1n) is 8.92. The van der Waals surface area contributed by atoms with E-state index in [0.29, 0.717) is 16.6 Å². The minimum Gasteiger partial charge on any atom is -0.354 e. The fourth-order valence-electron chi connectivity index (χ4n) is 3.29. The average Bonchev–Trinajstić information content (AvgIpc) is 2.70. The Kier molecular flexibility index (Phi) is 5.82. The van der Waals surface area contributed by atoms with Gasteiger partial charge in [0.15, 0.2) is 0 Å². The van der Waals surface area contributed by atoms with E-state index >= 15 is 0 Å². The van der Waals surface area contributed by atoms with Crippen molar-refractivity contribution in [2.45, 2.75) is 33.0 Å². The van der Waals surface area contributed by atoms with Crippen molar-refractivity contribution in [1.82, 2.24) is 0 Å². The standard InChI is InChI=1S/C21H24Cl2N2O2/c1-21(2,3)12-25-17-9-8-13(22)10-15(17)19(27-18(11-24)20(25)26)14-6-4-5-7-16(14)23/h4-10,18-19H,11-12,24H2,1-3H3/t18-,19-/m1/s1. The van der Waals surface area contributed by atoms with Crippen LogP contribution in [0.4, 0.5) is 5.69 Å². The molecule has 1 aliphatic rings. The van der Waals surface area contributed by atoms with Crippen molar-refractivity contribution in [2.75, 3.05) is 18.0 Å². The normalized spacial score (nSPS) is 20.4. The summed E-state index contributed by atoms with van der Waals surface area (Å²) >= 11 is 12.7. The summed E-state index contributed by atoms with van der Waals surface area (Å²) in [4.78, 5) is 15.0. The quantitative estimate of drug-likeness (QED) is 0.794. The van der Waals surface area contributed by atoms with E-state index in [2.05, 4.69) is 20.8 Å². The van der Waals surface area contributed by atoms with E-state index in [-0.39, 0.29) is 17.9 Å². The Hall–Kier alpha value is -1.59. The van der Waals surface area contributed by atoms with Crippen molar-refractivity contribution in [1.29, 1.82) is 0 Å². The number of halogens is 2. The zero-order chi connectivity index (χ0) is 19.8. The Morgan fingerprint density at radius 3 is 2.44 bits per heavy atom. The summed E-state index contributed by atoms with van der Waals surface area (Å²) in [6, 6.07) is 13.0. The molecule has 2 atom stereocenters. The average molecular weight is 407 g/mol. The molecule has 6 heteroatoms. The number of carbonyl (C=O) groups excluding carboxylic acids is 1. The van der Waals surface area contributed by atoms with Gasteiger partial charge in [-0.3, -0.25) is 4.79 Å². The van der Waals surface area contributed by atoms with E-state index in [1.165, 1.54) is 0 Å². The van der Waals surface area contributed by atoms with Crippen LogP contribution in [0.15, 0.2) is 42.5 Å². The number of ether oxygens (including phenoxy) is 1. The number of hydrogen-bond donors (Lipinski definition) is 1. The van der Waals surface area contributed by atoms with Gasteiger partial charge < -0.3 is 15.4 Å². The van der Waals surface area contributed by atoms with Gasteiger partial charge in [-0.25, -0.2) is 0 Å². The lowest BCUT2D eigenvalue weighted by Crippen LogP contribution is -2.46. The van der Waals surface area contributed by atoms with Gasteiger partial charge >= 0.3 is 0 Å². The van der Waals surface area contributed by atoms with Crippen LogP contribution in [-0.4, -0.2) is 25.1 Å². The summed E-state index contributed by atoms with van der Waals surface area (Å²) in [6.45, 7) is 6.89. The molecular formula is C21H24Cl2N2O2. The second-order valence-electron chi connectivity index (χ2n) is 7.95. The van der Waals surface area contributed by atoms with Gasteiger partial charge in [0.25, 0.3) is 5.91 Å². The van der Waals surface area contributed by atoms with Gasteiger partial charge in [0.2, 0.25) is 0 Å². The fraction of sp³-hybridized carbons (Fsp3) is 0.381. The Morgan fingerprint density at radius 1 is 1.11 bits per heavy atom. The van der Waals surface area contributed by atoms with Gasteiger partial charge in [0.05, 0.1) is 0 Å². The van der Waals surface area contributed by atoms with E-state index < -0.39 is 12.2 Å². The van der Waals surface area contributed by atoms with Crippen LogP contribution in [-0.2, 0) is 9.53 Å². The SMILES string of the molecule is CC(C)(C)CN1C(=O)[C@@H](CN)O[C@H](c2ccccc2Cl)c2cc(Cl)ccc21. The molecule has 2 N–H and O–H groups in total. The van der Waals surface area contributed by atoms with E-state index in [0.717, 1.165) is 16.8 Å². The van der Waals surface area contributed by atoms with Gasteiger partial charge in [0, 0.05) is 39.9 Å². The van der Waals surface area contributed by atoms with Crippen molar-refractivity contribution >= 4 is 34.8 Å². The third-order valence-electron chi connectivity index (χ3n) is 4.44. The molecule has 1 amide bonds. The number of nitrogens with two attached hydrogens (primary N) is 1. The summed E-state index contributed by atoms with van der Waals surface area (Å²) in [7, 11) is 0. The van der Waals surface area contributed by atoms with Crippen molar-refractivity contribution in [2.24, 2.45) is 11.1 Å². The number of anilines is 1. The van der Waals surface area contributed by atoms with Crippen LogP contribution in [0.2, 0.25) is 10.0 Å². The predicted octanol–water partition coefficient (Wildman–Crippen LogP) is 4.82. The van der Waals surface area contributed by atoms with Gasteiger partial charge in [0.1, 0.15) is 12.2 Å². The first-order chi connectivity index (χ1) is 12.7. The zero-order valence-electron chi connectivity index (χ0n) is 15.7. The monoisotopic (exact) mass is 406 g/mol. The molecule has 0 fully saturated rings. The molecule has 0 saturated carbocycles. The maximum atomic E-state index is 13.2. The Bertz CT molecular complexity index is 848. The Morgan fingerprint density at radius 2 is 1.81 bits per heavy atom. The zero-order valence-corrected chi connectivity index (χ0v) is 17.2. The number of rotatable bonds is 3. The lowest BCUT2D eigenvalue weighted by molar-refractivity contribution is -0.131. The summed E-state index contributed by atoms with van der Waals surface area (Å²) in [5.74, 6) is -0.148. The molecule has 3 rings (SSSR count). The number of amides is 1. The number of benzene rings is 2. The number of hydrogen-bond acceptors (Lipinski definition) is 3. The van der Waals surface area contributed by atoms with Crippen molar-refractivity contribution in [3.63, 3.8) is 0 Å². The predicted molar refractivity (Wildman–Crippen MR) is 110 cm³/mol. The molecule has 0 saturated heterocycles. The van der Waals surface area contributed by atoms with Crippen molar-refractivity contribution < 1.29 is 9.53 Å². The molecule has 0 aromatic heterocycles. The highest BCUT2D eigenvalue weighted by Crippen LogP contribution is 2.42. The van der Waals surface area contributed by atoms with Gasteiger partial charge in [-0.05, 0) is 29.7 Å². The second kappa shape index (κ2) is 7.80. The highest BCUT2D eigenvalue weighted by molar-refractivity contribution is 6.31. The third kappa shape index (κ3) is 4.30. The maximum absolute atomic E-state index is 13.2. The lowest BCUT2D eigenvalue weighted by Gasteiger charge is -2.31. The minimum absolute atomic E-state index is 0.0855. The highest BCUT2D eigenvalue weighted by atomic mass is 35.5. The number of nitrogens with zero attached hydrogens (tertiary/aromatic N) is 1. The minimum atomic E-state index is -0.764. The van der Waals surface area contributed by atoms with Crippen LogP contribution < -0.4 is 10.6 Å². The molecule has 0 aliphatic carbocycles. The van der Waals surface area contributed by atoms with Crippen LogP contribution in [0.3, 0.4) is 0 Å². The first-order valence-corrected chi connectivity index (χ1v) is 9.67. The molecule has 0 bridgehead atoms.